The maximum atomic E-state index is 5.48. The molecule has 0 aliphatic carbocycles. The molecule has 3 heteroatoms. The molecular formula is C10H18N2O. The van der Waals surface area contributed by atoms with Crippen molar-refractivity contribution in [1.29, 1.82) is 0 Å². The molecule has 0 aliphatic rings. The van der Waals surface area contributed by atoms with E-state index in [1.54, 1.807) is 12.5 Å². The van der Waals surface area contributed by atoms with Crippen LogP contribution in [0.1, 0.15) is 38.8 Å². The molecule has 0 fully saturated rings. The van der Waals surface area contributed by atoms with Crippen molar-refractivity contribution in [3.8, 4) is 0 Å². The molecule has 74 valence electrons. The fourth-order valence-corrected chi connectivity index (χ4v) is 1.36. The minimum Gasteiger partial charge on any atom is -0.472 e. The van der Waals surface area contributed by atoms with Gasteiger partial charge in [0.05, 0.1) is 12.5 Å². The van der Waals surface area contributed by atoms with E-state index in [1.807, 2.05) is 6.07 Å². The monoisotopic (exact) mass is 182 g/mol. The zero-order valence-corrected chi connectivity index (χ0v) is 8.50. The first kappa shape index (κ1) is 10.3. The molecular weight excluding hydrogens is 164 g/mol. The van der Waals surface area contributed by atoms with E-state index in [0.717, 1.165) is 12.0 Å². The van der Waals surface area contributed by atoms with E-state index in [2.05, 4.69) is 26.2 Å². The van der Waals surface area contributed by atoms with Crippen LogP contribution in [0.4, 0.5) is 0 Å². The average Bonchev–Trinajstić information content (AvgIpc) is 2.50. The molecule has 1 aromatic heterocycles. The second-order valence-corrected chi connectivity index (χ2v) is 4.54. The van der Waals surface area contributed by atoms with Crippen LogP contribution < -0.4 is 11.3 Å². The standard InChI is InChI=1S/C10H18N2O/c1-10(2,3)6-9(12-11)8-4-5-13-7-8/h4-5,7,9,12H,6,11H2,1-3H3. The molecule has 1 atom stereocenters. The molecule has 0 amide bonds. The van der Waals surface area contributed by atoms with E-state index in [9.17, 15) is 0 Å². The topological polar surface area (TPSA) is 51.2 Å². The molecule has 1 rings (SSSR count). The van der Waals surface area contributed by atoms with Gasteiger partial charge in [-0.25, -0.2) is 0 Å². The molecule has 0 saturated heterocycles. The Balaban J connectivity index is 2.64. The third-order valence-corrected chi connectivity index (χ3v) is 1.96. The zero-order valence-electron chi connectivity index (χ0n) is 8.50. The Morgan fingerprint density at radius 2 is 2.23 bits per heavy atom. The Morgan fingerprint density at radius 1 is 1.54 bits per heavy atom. The largest absolute Gasteiger partial charge is 0.472 e. The van der Waals surface area contributed by atoms with Crippen molar-refractivity contribution in [2.24, 2.45) is 11.3 Å². The first-order valence-electron chi connectivity index (χ1n) is 4.51. The van der Waals surface area contributed by atoms with E-state index < -0.39 is 0 Å². The maximum absolute atomic E-state index is 5.48. The summed E-state index contributed by atoms with van der Waals surface area (Å²) in [5, 5.41) is 0. The predicted octanol–water partition coefficient (Wildman–Crippen LogP) is 2.22. The fraction of sp³-hybridized carbons (Fsp3) is 0.600. The molecule has 13 heavy (non-hydrogen) atoms. The van der Waals surface area contributed by atoms with Gasteiger partial charge in [0, 0.05) is 11.6 Å². The van der Waals surface area contributed by atoms with Crippen LogP contribution in [0.25, 0.3) is 0 Å². The molecule has 0 bridgehead atoms. The molecule has 0 aromatic carbocycles. The Labute approximate surface area is 79.3 Å². The number of nitrogens with two attached hydrogens (primary N) is 1. The van der Waals surface area contributed by atoms with Gasteiger partial charge in [0.15, 0.2) is 0 Å². The number of furan rings is 1. The van der Waals surface area contributed by atoms with Crippen molar-refractivity contribution >= 4 is 0 Å². The summed E-state index contributed by atoms with van der Waals surface area (Å²) in [6, 6.07) is 2.12. The Kier molecular flexibility index (Phi) is 3.12. The fourth-order valence-electron chi connectivity index (χ4n) is 1.36. The number of hydrazine groups is 1. The Hall–Kier alpha value is -0.800. The van der Waals surface area contributed by atoms with Gasteiger partial charge in [0.25, 0.3) is 0 Å². The van der Waals surface area contributed by atoms with E-state index >= 15 is 0 Å². The van der Waals surface area contributed by atoms with Gasteiger partial charge in [0.1, 0.15) is 0 Å². The van der Waals surface area contributed by atoms with Crippen LogP contribution in [0, 0.1) is 5.41 Å². The third kappa shape index (κ3) is 3.20. The highest BCUT2D eigenvalue weighted by Gasteiger charge is 2.19. The van der Waals surface area contributed by atoms with Crippen molar-refractivity contribution in [3.05, 3.63) is 24.2 Å². The highest BCUT2D eigenvalue weighted by atomic mass is 16.3. The van der Waals surface area contributed by atoms with E-state index in [-0.39, 0.29) is 11.5 Å². The van der Waals surface area contributed by atoms with Crippen LogP contribution in [-0.2, 0) is 0 Å². The van der Waals surface area contributed by atoms with E-state index in [4.69, 9.17) is 10.3 Å². The van der Waals surface area contributed by atoms with Gasteiger partial charge in [-0.2, -0.15) is 0 Å². The molecule has 0 spiro atoms. The second-order valence-electron chi connectivity index (χ2n) is 4.54. The number of hydrogen-bond acceptors (Lipinski definition) is 3. The van der Waals surface area contributed by atoms with E-state index in [1.165, 1.54) is 0 Å². The molecule has 0 radical (unpaired) electrons. The Bertz CT molecular complexity index is 236. The number of hydrogen-bond donors (Lipinski definition) is 2. The van der Waals surface area contributed by atoms with Crippen molar-refractivity contribution < 1.29 is 4.42 Å². The van der Waals surface area contributed by atoms with Crippen molar-refractivity contribution in [3.63, 3.8) is 0 Å². The lowest BCUT2D eigenvalue weighted by atomic mass is 9.86. The summed E-state index contributed by atoms with van der Waals surface area (Å²) in [7, 11) is 0. The molecule has 0 saturated carbocycles. The number of nitrogens with one attached hydrogen (secondary N) is 1. The predicted molar refractivity (Wildman–Crippen MR) is 52.8 cm³/mol. The summed E-state index contributed by atoms with van der Waals surface area (Å²) < 4.78 is 5.02. The highest BCUT2D eigenvalue weighted by molar-refractivity contribution is 5.11. The highest BCUT2D eigenvalue weighted by Crippen LogP contribution is 2.28. The van der Waals surface area contributed by atoms with Crippen molar-refractivity contribution in [2.45, 2.75) is 33.2 Å². The van der Waals surface area contributed by atoms with Gasteiger partial charge >= 0.3 is 0 Å². The number of rotatable bonds is 3. The van der Waals surface area contributed by atoms with Crippen LogP contribution in [0.2, 0.25) is 0 Å². The SMILES string of the molecule is CC(C)(C)CC(NN)c1ccoc1. The lowest BCUT2D eigenvalue weighted by Crippen LogP contribution is -2.30. The summed E-state index contributed by atoms with van der Waals surface area (Å²) in [6.07, 6.45) is 4.39. The minimum absolute atomic E-state index is 0.179. The first-order chi connectivity index (χ1) is 6.03. The molecule has 3 N–H and O–H groups in total. The van der Waals surface area contributed by atoms with Crippen molar-refractivity contribution in [1.82, 2.24) is 5.43 Å². The van der Waals surface area contributed by atoms with Crippen LogP contribution in [-0.4, -0.2) is 0 Å². The van der Waals surface area contributed by atoms with E-state index in [0.29, 0.717) is 0 Å². The van der Waals surface area contributed by atoms with Gasteiger partial charge in [-0.1, -0.05) is 20.8 Å². The van der Waals surface area contributed by atoms with Crippen LogP contribution in [0.15, 0.2) is 23.0 Å². The van der Waals surface area contributed by atoms with Crippen LogP contribution >= 0.6 is 0 Å². The smallest absolute Gasteiger partial charge is 0.0950 e. The summed E-state index contributed by atoms with van der Waals surface area (Å²) in [5.74, 6) is 5.48. The molecule has 0 aliphatic heterocycles. The second kappa shape index (κ2) is 3.94. The van der Waals surface area contributed by atoms with Crippen LogP contribution in [0.5, 0.6) is 0 Å². The zero-order chi connectivity index (χ0) is 9.90. The lowest BCUT2D eigenvalue weighted by Gasteiger charge is -2.24. The first-order valence-corrected chi connectivity index (χ1v) is 4.51. The van der Waals surface area contributed by atoms with Gasteiger partial charge < -0.3 is 4.42 Å². The molecule has 1 heterocycles. The third-order valence-electron chi connectivity index (χ3n) is 1.96. The quantitative estimate of drug-likeness (QED) is 0.556. The minimum atomic E-state index is 0.179. The summed E-state index contributed by atoms with van der Waals surface area (Å²) >= 11 is 0. The Morgan fingerprint density at radius 3 is 2.62 bits per heavy atom. The normalized spacial score (nSPS) is 14.5. The maximum Gasteiger partial charge on any atom is 0.0950 e. The molecule has 3 nitrogen and oxygen atoms in total. The lowest BCUT2D eigenvalue weighted by molar-refractivity contribution is 0.312. The van der Waals surface area contributed by atoms with Gasteiger partial charge in [-0.15, -0.1) is 0 Å². The summed E-state index contributed by atoms with van der Waals surface area (Å²) in [6.45, 7) is 6.58. The van der Waals surface area contributed by atoms with Gasteiger partial charge in [0.2, 0.25) is 0 Å². The molecule has 1 aromatic rings. The average molecular weight is 182 g/mol. The summed E-state index contributed by atoms with van der Waals surface area (Å²) in [5.41, 5.74) is 4.17. The summed E-state index contributed by atoms with van der Waals surface area (Å²) in [4.78, 5) is 0. The molecule has 1 unspecified atom stereocenters. The van der Waals surface area contributed by atoms with Crippen molar-refractivity contribution in [2.75, 3.05) is 0 Å². The van der Waals surface area contributed by atoms with Gasteiger partial charge in [-0.05, 0) is 17.9 Å². The van der Waals surface area contributed by atoms with Crippen LogP contribution in [0.3, 0.4) is 0 Å². The van der Waals surface area contributed by atoms with Gasteiger partial charge in [-0.3, -0.25) is 11.3 Å².